The molecule has 0 aliphatic heterocycles. The van der Waals surface area contributed by atoms with E-state index in [9.17, 15) is 0 Å². The maximum absolute atomic E-state index is 2.97. The summed E-state index contributed by atoms with van der Waals surface area (Å²) in [7, 11) is 2.97. The van der Waals surface area contributed by atoms with E-state index in [4.69, 9.17) is 0 Å². The number of benzene rings is 2. The average molecular weight is 525 g/mol. The summed E-state index contributed by atoms with van der Waals surface area (Å²) in [5.41, 5.74) is 0. The van der Waals surface area contributed by atoms with Crippen LogP contribution in [0.3, 0.4) is 0 Å². The summed E-state index contributed by atoms with van der Waals surface area (Å²) < 4.78 is 0. The Morgan fingerprint density at radius 3 is 1.30 bits per heavy atom. The van der Waals surface area contributed by atoms with E-state index in [2.05, 4.69) is 95.2 Å². The first-order valence-corrected chi connectivity index (χ1v) is 7.64. The molecule has 0 saturated heterocycles. The summed E-state index contributed by atoms with van der Waals surface area (Å²) in [6.45, 7) is 1.81. The molecule has 0 unspecified atom stereocenters. The normalized spacial score (nSPS) is 8.26. The predicted octanol–water partition coefficient (Wildman–Crippen LogP) is 6.16. The zero-order valence-electron chi connectivity index (χ0n) is 12.9. The maximum atomic E-state index is 2.97. The van der Waals surface area contributed by atoms with Crippen LogP contribution in [0.15, 0.2) is 84.9 Å². The molecule has 0 aliphatic carbocycles. The van der Waals surface area contributed by atoms with Crippen LogP contribution in [0.4, 0.5) is 0 Å². The molecule has 4 aromatic rings. The van der Waals surface area contributed by atoms with Crippen molar-refractivity contribution in [3.05, 3.63) is 84.9 Å². The Morgan fingerprint density at radius 1 is 0.609 bits per heavy atom. The van der Waals surface area contributed by atoms with Crippen molar-refractivity contribution in [2.24, 2.45) is 0 Å². The second-order valence-corrected chi connectivity index (χ2v) is 4.31. The summed E-state index contributed by atoms with van der Waals surface area (Å²) in [5.74, 6) is 0. The van der Waals surface area contributed by atoms with Gasteiger partial charge in [0.1, 0.15) is 0 Å². The van der Waals surface area contributed by atoms with Gasteiger partial charge in [-0.25, -0.2) is 0 Å². The minimum Gasteiger partial charge on any atom is -0.168 e. The van der Waals surface area contributed by atoms with Crippen LogP contribution >= 0.6 is 24.8 Å². The number of hydrogen-bond donors (Lipinski definition) is 0. The van der Waals surface area contributed by atoms with Gasteiger partial charge in [0.15, 0.2) is 0 Å². The van der Waals surface area contributed by atoms with Crippen LogP contribution in [0.1, 0.15) is 0 Å². The third kappa shape index (κ3) is 7.17. The zero-order valence-corrected chi connectivity index (χ0v) is 19.1. The van der Waals surface area contributed by atoms with E-state index in [1.807, 2.05) is 0 Å². The van der Waals surface area contributed by atoms with Crippen LogP contribution in [0.2, 0.25) is 6.55 Å². The van der Waals surface area contributed by atoms with Gasteiger partial charge >= 0.3 is 0 Å². The molecule has 4 rings (SSSR count). The van der Waals surface area contributed by atoms with Crippen molar-refractivity contribution >= 4 is 56.6 Å². The van der Waals surface area contributed by atoms with Crippen molar-refractivity contribution in [3.8, 4) is 0 Å². The van der Waals surface area contributed by atoms with Crippen LogP contribution in [0, 0.1) is 0 Å². The monoisotopic (exact) mass is 525 g/mol. The summed E-state index contributed by atoms with van der Waals surface area (Å²) in [6.07, 6.45) is 0. The number of rotatable bonds is 0. The minimum atomic E-state index is 0. The van der Waals surface area contributed by atoms with Crippen LogP contribution in [-0.4, -0.2) is 10.2 Å². The quantitative estimate of drug-likeness (QED) is 0.191. The van der Waals surface area contributed by atoms with Crippen molar-refractivity contribution in [3.63, 3.8) is 0 Å². The molecule has 0 amide bonds. The van der Waals surface area contributed by atoms with E-state index in [0.717, 1.165) is 0 Å². The smallest absolute Gasteiger partial charge is 0.0184 e. The SMILES string of the molecule is C[Si].Cl.Cl.[Hf].c1ccc2[cH-]ccc2c1.c1ccc2[cH-]ccc2c1. The van der Waals surface area contributed by atoms with E-state index in [0.29, 0.717) is 0 Å². The molecule has 4 heteroatoms. The van der Waals surface area contributed by atoms with Crippen LogP contribution < -0.4 is 0 Å². The Morgan fingerprint density at radius 2 is 0.957 bits per heavy atom. The molecule has 119 valence electrons. The molecular weight excluding hydrogens is 506 g/mol. The fourth-order valence-electron chi connectivity index (χ4n) is 2.14. The number of fused-ring (bicyclic) bond motifs is 2. The standard InChI is InChI=1S/2C9H7.CH3Si.2ClH.Hf/c2*1-2-5-9-7-3-6-8(9)4-1;1-2;;;/h2*1-7H;1H3;2*1H;/q2*-1;;;;. The molecule has 0 nitrogen and oxygen atoms in total. The molecule has 0 heterocycles. The van der Waals surface area contributed by atoms with Crippen LogP contribution in [0.25, 0.3) is 21.5 Å². The van der Waals surface area contributed by atoms with Crippen molar-refractivity contribution < 1.29 is 25.8 Å². The Kier molecular flexibility index (Phi) is 14.7. The Balaban J connectivity index is 0. The van der Waals surface area contributed by atoms with E-state index in [1.165, 1.54) is 21.5 Å². The molecule has 0 spiro atoms. The van der Waals surface area contributed by atoms with Crippen molar-refractivity contribution in [2.75, 3.05) is 0 Å². The molecule has 0 bridgehead atoms. The molecule has 0 atom stereocenters. The molecule has 3 radical (unpaired) electrons. The molecule has 23 heavy (non-hydrogen) atoms. The van der Waals surface area contributed by atoms with Crippen LogP contribution in [-0.2, 0) is 25.8 Å². The van der Waals surface area contributed by atoms with E-state index < -0.39 is 0 Å². The second kappa shape index (κ2) is 13.7. The Bertz CT molecular complexity index is 635. The number of hydrogen-bond acceptors (Lipinski definition) is 0. The summed E-state index contributed by atoms with van der Waals surface area (Å²) in [4.78, 5) is 0. The molecular formula is C19H19Cl2HfSi-2. The van der Waals surface area contributed by atoms with Crippen molar-refractivity contribution in [1.82, 2.24) is 0 Å². The second-order valence-electron chi connectivity index (χ2n) is 4.31. The summed E-state index contributed by atoms with van der Waals surface area (Å²) in [6, 6.07) is 29.3. The first-order chi connectivity index (χ1) is 9.93. The van der Waals surface area contributed by atoms with E-state index in [1.54, 1.807) is 6.55 Å². The molecule has 0 saturated carbocycles. The van der Waals surface area contributed by atoms with Gasteiger partial charge in [-0.05, 0) is 0 Å². The van der Waals surface area contributed by atoms with Crippen molar-refractivity contribution in [1.29, 1.82) is 0 Å². The van der Waals surface area contributed by atoms with E-state index in [-0.39, 0.29) is 50.7 Å². The Hall–Kier alpha value is -0.673. The van der Waals surface area contributed by atoms with Gasteiger partial charge in [0, 0.05) is 36.1 Å². The van der Waals surface area contributed by atoms with Gasteiger partial charge in [-0.1, -0.05) is 18.7 Å². The fourth-order valence-corrected chi connectivity index (χ4v) is 2.14. The first-order valence-electron chi connectivity index (χ1n) is 6.64. The van der Waals surface area contributed by atoms with E-state index >= 15 is 0 Å². The largest absolute Gasteiger partial charge is 0.168 e. The first kappa shape index (κ1) is 24.6. The van der Waals surface area contributed by atoms with Gasteiger partial charge in [0.05, 0.1) is 0 Å². The van der Waals surface area contributed by atoms with Gasteiger partial charge in [-0.3, -0.25) is 0 Å². The number of halogens is 2. The molecule has 0 fully saturated rings. The minimum absolute atomic E-state index is 0. The van der Waals surface area contributed by atoms with Gasteiger partial charge < -0.3 is 0 Å². The molecule has 0 aliphatic rings. The zero-order chi connectivity index (χ0) is 14.2. The summed E-state index contributed by atoms with van der Waals surface area (Å²) in [5, 5.41) is 5.32. The topological polar surface area (TPSA) is 0 Å². The fraction of sp³-hybridized carbons (Fsp3) is 0.0526. The molecule has 0 N–H and O–H groups in total. The maximum Gasteiger partial charge on any atom is 0.0184 e. The van der Waals surface area contributed by atoms with Gasteiger partial charge in [0.2, 0.25) is 0 Å². The van der Waals surface area contributed by atoms with Gasteiger partial charge in [0.25, 0.3) is 0 Å². The predicted molar refractivity (Wildman–Crippen MR) is 105 cm³/mol. The summed E-state index contributed by atoms with van der Waals surface area (Å²) >= 11 is 0. The van der Waals surface area contributed by atoms with Gasteiger partial charge in [-0.15, -0.1) is 84.1 Å². The Labute approximate surface area is 173 Å². The average Bonchev–Trinajstić information content (AvgIpc) is 3.18. The van der Waals surface area contributed by atoms with Crippen LogP contribution in [0.5, 0.6) is 0 Å². The molecule has 0 aromatic heterocycles. The third-order valence-corrected chi connectivity index (χ3v) is 3.10. The van der Waals surface area contributed by atoms with Crippen molar-refractivity contribution in [2.45, 2.75) is 6.55 Å². The third-order valence-electron chi connectivity index (χ3n) is 3.10. The molecule has 4 aromatic carbocycles. The van der Waals surface area contributed by atoms with Gasteiger partial charge in [-0.2, -0.15) is 35.0 Å².